The Morgan fingerprint density at radius 1 is 1.59 bits per heavy atom. The first-order valence-corrected chi connectivity index (χ1v) is 5.75. The average molecular weight is 245 g/mol. The first-order chi connectivity index (χ1) is 8.10. The van der Waals surface area contributed by atoms with Crippen LogP contribution in [-0.2, 0) is 19.1 Å². The molecule has 0 aromatic carbocycles. The molecule has 17 heavy (non-hydrogen) atoms. The number of methoxy groups -OCH3 is 1. The van der Waals surface area contributed by atoms with Gasteiger partial charge in [0.1, 0.15) is 0 Å². The molecule has 6 heteroatoms. The number of esters is 1. The van der Waals surface area contributed by atoms with Crippen molar-refractivity contribution in [1.82, 2.24) is 5.32 Å². The molecule has 2 N–H and O–H groups in total. The van der Waals surface area contributed by atoms with Crippen molar-refractivity contribution < 1.29 is 24.2 Å². The molecule has 1 rings (SSSR count). The number of nitrogens with one attached hydrogen (secondary N) is 1. The Labute approximate surface area is 100 Å². The lowest BCUT2D eigenvalue weighted by molar-refractivity contribution is -0.150. The summed E-state index contributed by atoms with van der Waals surface area (Å²) in [6, 6.07) is 0. The summed E-state index contributed by atoms with van der Waals surface area (Å²) in [6.45, 7) is 2.41. The predicted octanol–water partition coefficient (Wildman–Crippen LogP) is -0.548. The third kappa shape index (κ3) is 3.67. The van der Waals surface area contributed by atoms with Crippen LogP contribution in [0.15, 0.2) is 0 Å². The fourth-order valence-corrected chi connectivity index (χ4v) is 1.90. The number of ether oxygens (including phenoxy) is 2. The van der Waals surface area contributed by atoms with Gasteiger partial charge in [-0.3, -0.25) is 4.79 Å². The Kier molecular flexibility index (Phi) is 5.37. The lowest BCUT2D eigenvalue weighted by atomic mass is 9.99. The normalized spacial score (nSPS) is 25.4. The summed E-state index contributed by atoms with van der Waals surface area (Å²) in [5.74, 6) is -1.12. The van der Waals surface area contributed by atoms with E-state index in [2.05, 4.69) is 10.1 Å². The maximum atomic E-state index is 11.8. The second kappa shape index (κ2) is 6.56. The molecule has 1 heterocycles. The minimum Gasteiger partial charge on any atom is -0.467 e. The quantitative estimate of drug-likeness (QED) is 0.635. The molecule has 1 fully saturated rings. The number of rotatable bonds is 5. The van der Waals surface area contributed by atoms with Crippen molar-refractivity contribution in [2.45, 2.75) is 32.0 Å². The molecule has 6 nitrogen and oxygen atoms in total. The zero-order valence-corrected chi connectivity index (χ0v) is 10.1. The van der Waals surface area contributed by atoms with E-state index in [0.717, 1.165) is 6.42 Å². The summed E-state index contributed by atoms with van der Waals surface area (Å²) < 4.78 is 9.74. The van der Waals surface area contributed by atoms with Gasteiger partial charge in [0.2, 0.25) is 5.91 Å². The standard InChI is InChI=1S/C11H19NO5/c1-3-9-7(4-5-17-9)10(14)12-6-8(13)11(15)16-2/h7-9,13H,3-6H2,1-2H3,(H,12,14). The maximum absolute atomic E-state index is 11.8. The van der Waals surface area contributed by atoms with E-state index >= 15 is 0 Å². The van der Waals surface area contributed by atoms with Gasteiger partial charge in [0.05, 0.1) is 25.7 Å². The molecular weight excluding hydrogens is 226 g/mol. The van der Waals surface area contributed by atoms with Gasteiger partial charge in [-0.25, -0.2) is 4.79 Å². The number of hydrogen-bond donors (Lipinski definition) is 2. The molecule has 0 spiro atoms. The summed E-state index contributed by atoms with van der Waals surface area (Å²) in [4.78, 5) is 22.7. The summed E-state index contributed by atoms with van der Waals surface area (Å²) in [7, 11) is 1.19. The molecule has 0 aromatic heterocycles. The van der Waals surface area contributed by atoms with Gasteiger partial charge < -0.3 is 19.9 Å². The summed E-state index contributed by atoms with van der Waals surface area (Å²) >= 11 is 0. The number of carbonyl (C=O) groups is 2. The van der Waals surface area contributed by atoms with Crippen molar-refractivity contribution in [2.24, 2.45) is 5.92 Å². The van der Waals surface area contributed by atoms with Crippen molar-refractivity contribution in [3.8, 4) is 0 Å². The van der Waals surface area contributed by atoms with Crippen LogP contribution in [0.5, 0.6) is 0 Å². The second-order valence-electron chi connectivity index (χ2n) is 4.00. The van der Waals surface area contributed by atoms with Gasteiger partial charge in [0, 0.05) is 6.61 Å². The molecule has 0 bridgehead atoms. The van der Waals surface area contributed by atoms with Crippen LogP contribution in [0.2, 0.25) is 0 Å². The first kappa shape index (κ1) is 13.9. The van der Waals surface area contributed by atoms with E-state index in [1.54, 1.807) is 0 Å². The lowest BCUT2D eigenvalue weighted by Crippen LogP contribution is -2.41. The summed E-state index contributed by atoms with van der Waals surface area (Å²) in [5.41, 5.74) is 0. The van der Waals surface area contributed by atoms with Crippen LogP contribution < -0.4 is 5.32 Å². The van der Waals surface area contributed by atoms with E-state index < -0.39 is 12.1 Å². The van der Waals surface area contributed by atoms with Crippen LogP contribution in [0.4, 0.5) is 0 Å². The van der Waals surface area contributed by atoms with Crippen molar-refractivity contribution in [2.75, 3.05) is 20.3 Å². The minimum absolute atomic E-state index is 0.0646. The van der Waals surface area contributed by atoms with Gasteiger partial charge in [0.25, 0.3) is 0 Å². The monoisotopic (exact) mass is 245 g/mol. The summed E-state index contributed by atoms with van der Waals surface area (Å²) in [6.07, 6.45) is 0.0765. The van der Waals surface area contributed by atoms with Crippen molar-refractivity contribution in [3.63, 3.8) is 0 Å². The van der Waals surface area contributed by atoms with Gasteiger partial charge in [-0.15, -0.1) is 0 Å². The Hall–Kier alpha value is -1.14. The number of aliphatic hydroxyl groups excluding tert-OH is 1. The van der Waals surface area contributed by atoms with E-state index in [1.165, 1.54) is 7.11 Å². The molecule has 0 radical (unpaired) electrons. The molecule has 0 aliphatic carbocycles. The van der Waals surface area contributed by atoms with Crippen LogP contribution in [0.25, 0.3) is 0 Å². The maximum Gasteiger partial charge on any atom is 0.336 e. The molecular formula is C11H19NO5. The summed E-state index contributed by atoms with van der Waals surface area (Å²) in [5, 5.41) is 11.8. The lowest BCUT2D eigenvalue weighted by Gasteiger charge is -2.17. The molecule has 0 saturated carbocycles. The third-order valence-corrected chi connectivity index (χ3v) is 2.89. The van der Waals surface area contributed by atoms with Gasteiger partial charge in [-0.1, -0.05) is 6.92 Å². The number of amides is 1. The first-order valence-electron chi connectivity index (χ1n) is 5.75. The van der Waals surface area contributed by atoms with Gasteiger partial charge >= 0.3 is 5.97 Å². The molecule has 3 atom stereocenters. The number of hydrogen-bond acceptors (Lipinski definition) is 5. The molecule has 1 saturated heterocycles. The van der Waals surface area contributed by atoms with Gasteiger partial charge in [-0.2, -0.15) is 0 Å². The minimum atomic E-state index is -1.31. The van der Waals surface area contributed by atoms with Crippen molar-refractivity contribution >= 4 is 11.9 Å². The SMILES string of the molecule is CCC1OCCC1C(=O)NCC(O)C(=O)OC. The predicted molar refractivity (Wildman–Crippen MR) is 59.2 cm³/mol. The van der Waals surface area contributed by atoms with Gasteiger partial charge in [-0.05, 0) is 12.8 Å². The number of carbonyl (C=O) groups excluding carboxylic acids is 2. The Morgan fingerprint density at radius 2 is 2.29 bits per heavy atom. The topological polar surface area (TPSA) is 84.9 Å². The average Bonchev–Trinajstić information content (AvgIpc) is 2.82. The largest absolute Gasteiger partial charge is 0.467 e. The van der Waals surface area contributed by atoms with E-state index in [4.69, 9.17) is 4.74 Å². The molecule has 1 aliphatic rings. The van der Waals surface area contributed by atoms with Crippen LogP contribution in [0.3, 0.4) is 0 Å². The van der Waals surface area contributed by atoms with Crippen LogP contribution >= 0.6 is 0 Å². The zero-order chi connectivity index (χ0) is 12.8. The molecule has 1 amide bonds. The highest BCUT2D eigenvalue weighted by Gasteiger charge is 2.33. The van der Waals surface area contributed by atoms with E-state index in [0.29, 0.717) is 13.0 Å². The van der Waals surface area contributed by atoms with Crippen LogP contribution in [-0.4, -0.2) is 49.5 Å². The second-order valence-corrected chi connectivity index (χ2v) is 4.00. The zero-order valence-electron chi connectivity index (χ0n) is 10.1. The van der Waals surface area contributed by atoms with Crippen molar-refractivity contribution in [1.29, 1.82) is 0 Å². The van der Waals surface area contributed by atoms with Crippen LogP contribution in [0.1, 0.15) is 19.8 Å². The third-order valence-electron chi connectivity index (χ3n) is 2.89. The highest BCUT2D eigenvalue weighted by molar-refractivity contribution is 5.81. The Bertz CT molecular complexity index is 281. The van der Waals surface area contributed by atoms with E-state index in [-0.39, 0.29) is 24.5 Å². The molecule has 1 aliphatic heterocycles. The fraction of sp³-hybridized carbons (Fsp3) is 0.818. The fourth-order valence-electron chi connectivity index (χ4n) is 1.90. The molecule has 98 valence electrons. The van der Waals surface area contributed by atoms with E-state index in [1.807, 2.05) is 6.92 Å². The van der Waals surface area contributed by atoms with Crippen molar-refractivity contribution in [3.05, 3.63) is 0 Å². The highest BCUT2D eigenvalue weighted by atomic mass is 16.5. The highest BCUT2D eigenvalue weighted by Crippen LogP contribution is 2.23. The molecule has 3 unspecified atom stereocenters. The van der Waals surface area contributed by atoms with Crippen LogP contribution in [0, 0.1) is 5.92 Å². The number of aliphatic hydroxyl groups is 1. The Balaban J connectivity index is 2.36. The Morgan fingerprint density at radius 3 is 2.88 bits per heavy atom. The van der Waals surface area contributed by atoms with Gasteiger partial charge in [0.15, 0.2) is 6.10 Å². The molecule has 0 aromatic rings. The van der Waals surface area contributed by atoms with E-state index in [9.17, 15) is 14.7 Å². The smallest absolute Gasteiger partial charge is 0.336 e.